The summed E-state index contributed by atoms with van der Waals surface area (Å²) in [5.74, 6) is 0.329. The van der Waals surface area contributed by atoms with Gasteiger partial charge in [0.1, 0.15) is 17.2 Å². The SMILES string of the molecule is O=C(O)c1cnc(CCc2ccccc2)nc1N1CCCCC1. The first-order valence-corrected chi connectivity index (χ1v) is 8.12. The third kappa shape index (κ3) is 3.86. The number of piperidine rings is 1. The van der Waals surface area contributed by atoms with E-state index in [-0.39, 0.29) is 5.56 Å². The molecule has 1 N–H and O–H groups in total. The lowest BCUT2D eigenvalue weighted by atomic mass is 10.1. The molecule has 2 aromatic rings. The maximum Gasteiger partial charge on any atom is 0.341 e. The summed E-state index contributed by atoms with van der Waals surface area (Å²) in [5.41, 5.74) is 1.44. The van der Waals surface area contributed by atoms with E-state index in [2.05, 4.69) is 27.0 Å². The number of carboxylic acids is 1. The predicted molar refractivity (Wildman–Crippen MR) is 88.9 cm³/mol. The lowest BCUT2D eigenvalue weighted by molar-refractivity contribution is 0.0696. The number of aromatic carboxylic acids is 1. The van der Waals surface area contributed by atoms with Crippen molar-refractivity contribution in [2.24, 2.45) is 0 Å². The van der Waals surface area contributed by atoms with Crippen molar-refractivity contribution >= 4 is 11.8 Å². The molecule has 3 rings (SSSR count). The molecule has 0 radical (unpaired) electrons. The fraction of sp³-hybridized carbons (Fsp3) is 0.389. The fourth-order valence-electron chi connectivity index (χ4n) is 2.93. The summed E-state index contributed by atoms with van der Waals surface area (Å²) in [6, 6.07) is 10.2. The normalized spacial score (nSPS) is 14.7. The van der Waals surface area contributed by atoms with Gasteiger partial charge in [0.2, 0.25) is 0 Å². The van der Waals surface area contributed by atoms with Gasteiger partial charge in [-0.05, 0) is 31.2 Å². The van der Waals surface area contributed by atoms with Crippen LogP contribution in [0, 0.1) is 0 Å². The van der Waals surface area contributed by atoms with Gasteiger partial charge in [0.15, 0.2) is 0 Å². The van der Waals surface area contributed by atoms with Gasteiger partial charge in [0.25, 0.3) is 0 Å². The molecule has 0 aliphatic carbocycles. The number of carboxylic acid groups (broad SMARTS) is 1. The Kier molecular flexibility index (Phi) is 4.86. The van der Waals surface area contributed by atoms with Crippen LogP contribution in [0.2, 0.25) is 0 Å². The van der Waals surface area contributed by atoms with E-state index in [1.807, 2.05) is 18.2 Å². The van der Waals surface area contributed by atoms with Gasteiger partial charge in [-0.3, -0.25) is 0 Å². The van der Waals surface area contributed by atoms with E-state index in [0.717, 1.165) is 32.4 Å². The summed E-state index contributed by atoms with van der Waals surface area (Å²) in [7, 11) is 0. The zero-order chi connectivity index (χ0) is 16.1. The molecular formula is C18H21N3O2. The molecule has 5 nitrogen and oxygen atoms in total. The highest BCUT2D eigenvalue weighted by Gasteiger charge is 2.20. The Bertz CT molecular complexity index is 667. The molecule has 0 unspecified atom stereocenters. The van der Waals surface area contributed by atoms with Crippen molar-refractivity contribution in [1.82, 2.24) is 9.97 Å². The van der Waals surface area contributed by atoms with Crippen LogP contribution in [0.15, 0.2) is 36.5 Å². The maximum absolute atomic E-state index is 11.4. The van der Waals surface area contributed by atoms with Crippen molar-refractivity contribution in [3.05, 3.63) is 53.5 Å². The maximum atomic E-state index is 11.4. The Labute approximate surface area is 136 Å². The molecule has 1 fully saturated rings. The molecular weight excluding hydrogens is 290 g/mol. The molecule has 2 heterocycles. The van der Waals surface area contributed by atoms with Gasteiger partial charge >= 0.3 is 5.97 Å². The van der Waals surface area contributed by atoms with Gasteiger partial charge < -0.3 is 10.0 Å². The second kappa shape index (κ2) is 7.22. The Morgan fingerprint density at radius 3 is 2.52 bits per heavy atom. The average Bonchev–Trinajstić information content (AvgIpc) is 2.61. The number of anilines is 1. The first kappa shape index (κ1) is 15.5. The molecule has 1 saturated heterocycles. The number of aryl methyl sites for hydroxylation is 2. The molecule has 1 aliphatic heterocycles. The standard InChI is InChI=1S/C18H21N3O2/c22-18(23)15-13-19-16(10-9-14-7-3-1-4-8-14)20-17(15)21-11-5-2-6-12-21/h1,3-4,7-8,13H,2,5-6,9-12H2,(H,22,23). The number of hydrogen-bond donors (Lipinski definition) is 1. The minimum absolute atomic E-state index is 0.204. The smallest absolute Gasteiger partial charge is 0.341 e. The number of nitrogens with zero attached hydrogens (tertiary/aromatic N) is 3. The van der Waals surface area contributed by atoms with Gasteiger partial charge in [0.05, 0.1) is 0 Å². The Morgan fingerprint density at radius 1 is 1.09 bits per heavy atom. The summed E-state index contributed by atoms with van der Waals surface area (Å²) >= 11 is 0. The zero-order valence-electron chi connectivity index (χ0n) is 13.1. The fourth-order valence-corrected chi connectivity index (χ4v) is 2.93. The van der Waals surface area contributed by atoms with E-state index < -0.39 is 5.97 Å². The highest BCUT2D eigenvalue weighted by Crippen LogP contribution is 2.22. The molecule has 0 amide bonds. The van der Waals surface area contributed by atoms with Crippen LogP contribution in [0.3, 0.4) is 0 Å². The van der Waals surface area contributed by atoms with Crippen molar-refractivity contribution < 1.29 is 9.90 Å². The molecule has 0 atom stereocenters. The van der Waals surface area contributed by atoms with Gasteiger partial charge in [-0.15, -0.1) is 0 Å². The summed E-state index contributed by atoms with van der Waals surface area (Å²) in [6.45, 7) is 1.74. The largest absolute Gasteiger partial charge is 0.477 e. The first-order chi connectivity index (χ1) is 11.2. The van der Waals surface area contributed by atoms with Crippen LogP contribution in [-0.2, 0) is 12.8 Å². The van der Waals surface area contributed by atoms with Gasteiger partial charge in [-0.2, -0.15) is 0 Å². The van der Waals surface area contributed by atoms with Crippen molar-refractivity contribution in [2.75, 3.05) is 18.0 Å². The number of carbonyl (C=O) groups is 1. The summed E-state index contributed by atoms with van der Waals surface area (Å²) < 4.78 is 0. The van der Waals surface area contributed by atoms with E-state index in [1.54, 1.807) is 0 Å². The van der Waals surface area contributed by atoms with E-state index in [1.165, 1.54) is 18.2 Å². The minimum Gasteiger partial charge on any atom is -0.477 e. The number of hydrogen-bond acceptors (Lipinski definition) is 4. The molecule has 0 bridgehead atoms. The average molecular weight is 311 g/mol. The molecule has 5 heteroatoms. The number of rotatable bonds is 5. The topological polar surface area (TPSA) is 66.3 Å². The molecule has 1 aliphatic rings. The predicted octanol–water partition coefficient (Wildman–Crippen LogP) is 2.95. The number of aromatic nitrogens is 2. The van der Waals surface area contributed by atoms with Crippen molar-refractivity contribution in [3.63, 3.8) is 0 Å². The Morgan fingerprint density at radius 2 is 1.83 bits per heavy atom. The molecule has 1 aromatic carbocycles. The van der Waals surface area contributed by atoms with Crippen LogP contribution in [-0.4, -0.2) is 34.1 Å². The summed E-state index contributed by atoms with van der Waals surface area (Å²) in [5, 5.41) is 9.39. The van der Waals surface area contributed by atoms with Crippen molar-refractivity contribution in [1.29, 1.82) is 0 Å². The van der Waals surface area contributed by atoms with Crippen LogP contribution in [0.5, 0.6) is 0 Å². The molecule has 0 saturated carbocycles. The monoisotopic (exact) mass is 311 g/mol. The minimum atomic E-state index is -0.958. The molecule has 23 heavy (non-hydrogen) atoms. The quantitative estimate of drug-likeness (QED) is 0.919. The van der Waals surface area contributed by atoms with Gasteiger partial charge in [0, 0.05) is 25.7 Å². The van der Waals surface area contributed by atoms with E-state index in [9.17, 15) is 9.90 Å². The van der Waals surface area contributed by atoms with Crippen LogP contribution in [0.1, 0.15) is 41.0 Å². The highest BCUT2D eigenvalue weighted by molar-refractivity contribution is 5.93. The van der Waals surface area contributed by atoms with Crippen molar-refractivity contribution in [3.8, 4) is 0 Å². The second-order valence-corrected chi connectivity index (χ2v) is 5.86. The molecule has 1 aromatic heterocycles. The third-order valence-electron chi connectivity index (χ3n) is 4.18. The van der Waals surface area contributed by atoms with Crippen LogP contribution >= 0.6 is 0 Å². The zero-order valence-corrected chi connectivity index (χ0v) is 13.1. The Hall–Kier alpha value is -2.43. The van der Waals surface area contributed by atoms with Crippen LogP contribution in [0.25, 0.3) is 0 Å². The highest BCUT2D eigenvalue weighted by atomic mass is 16.4. The molecule has 120 valence electrons. The lowest BCUT2D eigenvalue weighted by Gasteiger charge is -2.28. The first-order valence-electron chi connectivity index (χ1n) is 8.12. The van der Waals surface area contributed by atoms with Gasteiger partial charge in [-0.25, -0.2) is 14.8 Å². The molecule has 0 spiro atoms. The second-order valence-electron chi connectivity index (χ2n) is 5.86. The summed E-state index contributed by atoms with van der Waals surface area (Å²) in [4.78, 5) is 22.4. The summed E-state index contributed by atoms with van der Waals surface area (Å²) in [6.07, 6.45) is 6.40. The lowest BCUT2D eigenvalue weighted by Crippen LogP contribution is -2.32. The van der Waals surface area contributed by atoms with E-state index in [0.29, 0.717) is 18.1 Å². The van der Waals surface area contributed by atoms with Gasteiger partial charge in [-0.1, -0.05) is 30.3 Å². The third-order valence-corrected chi connectivity index (χ3v) is 4.18. The van der Waals surface area contributed by atoms with E-state index in [4.69, 9.17) is 0 Å². The van der Waals surface area contributed by atoms with Crippen LogP contribution < -0.4 is 4.90 Å². The Balaban J connectivity index is 1.80. The number of benzene rings is 1. The van der Waals surface area contributed by atoms with Crippen LogP contribution in [0.4, 0.5) is 5.82 Å². The van der Waals surface area contributed by atoms with Crippen molar-refractivity contribution in [2.45, 2.75) is 32.1 Å². The van der Waals surface area contributed by atoms with E-state index >= 15 is 0 Å².